The van der Waals surface area contributed by atoms with E-state index in [0.717, 1.165) is 0 Å². The zero-order chi connectivity index (χ0) is 12.4. The minimum absolute atomic E-state index is 0.179. The second kappa shape index (κ2) is 4.98. The maximum Gasteiger partial charge on any atom is 0.152 e. The van der Waals surface area contributed by atoms with Crippen LogP contribution in [0.15, 0.2) is 0 Å². The van der Waals surface area contributed by atoms with Crippen LogP contribution in [0.3, 0.4) is 0 Å². The van der Waals surface area contributed by atoms with Crippen LogP contribution in [0, 0.1) is 5.41 Å². The smallest absolute Gasteiger partial charge is 0.152 e. The van der Waals surface area contributed by atoms with Crippen LogP contribution >= 0.6 is 12.2 Å². The molecule has 1 aliphatic rings. The summed E-state index contributed by atoms with van der Waals surface area (Å²) in [4.78, 5) is 0.378. The van der Waals surface area contributed by atoms with Gasteiger partial charge in [0.15, 0.2) is 9.84 Å². The van der Waals surface area contributed by atoms with E-state index >= 15 is 0 Å². The summed E-state index contributed by atoms with van der Waals surface area (Å²) in [6.45, 7) is 2.09. The largest absolute Gasteiger partial charge is 0.393 e. The SMILES string of the molecule is CCS(=O)(=O)C1CCC(COC)(C(N)=S)C1. The molecular weight excluding hydrogens is 246 g/mol. The lowest BCUT2D eigenvalue weighted by Gasteiger charge is -2.27. The molecule has 0 aromatic heterocycles. The zero-order valence-electron chi connectivity index (χ0n) is 9.73. The van der Waals surface area contributed by atoms with Crippen molar-refractivity contribution in [3.63, 3.8) is 0 Å². The van der Waals surface area contributed by atoms with Crippen molar-refractivity contribution in [2.24, 2.45) is 11.1 Å². The Morgan fingerprint density at radius 3 is 2.69 bits per heavy atom. The molecule has 1 fully saturated rings. The molecule has 4 nitrogen and oxygen atoms in total. The fourth-order valence-electron chi connectivity index (χ4n) is 2.32. The van der Waals surface area contributed by atoms with E-state index in [0.29, 0.717) is 30.9 Å². The van der Waals surface area contributed by atoms with Gasteiger partial charge in [0.1, 0.15) is 0 Å². The van der Waals surface area contributed by atoms with Crippen molar-refractivity contribution in [2.75, 3.05) is 19.5 Å². The molecule has 0 spiro atoms. The van der Waals surface area contributed by atoms with Crippen LogP contribution in [0.4, 0.5) is 0 Å². The Kier molecular flexibility index (Phi) is 4.31. The Bertz CT molecular complexity index is 366. The lowest BCUT2D eigenvalue weighted by atomic mass is 9.87. The summed E-state index contributed by atoms with van der Waals surface area (Å²) >= 11 is 5.05. The molecule has 94 valence electrons. The molecule has 0 amide bonds. The third kappa shape index (κ3) is 2.55. The van der Waals surface area contributed by atoms with E-state index in [9.17, 15) is 8.42 Å². The quantitative estimate of drug-likeness (QED) is 0.748. The summed E-state index contributed by atoms with van der Waals surface area (Å²) in [6, 6.07) is 0. The predicted octanol–water partition coefficient (Wildman–Crippen LogP) is 0.892. The topological polar surface area (TPSA) is 69.4 Å². The summed E-state index contributed by atoms with van der Waals surface area (Å²) in [5, 5.41) is -0.311. The first-order chi connectivity index (χ1) is 7.38. The molecule has 0 radical (unpaired) electrons. The van der Waals surface area contributed by atoms with Crippen LogP contribution in [0.1, 0.15) is 26.2 Å². The molecule has 0 saturated heterocycles. The van der Waals surface area contributed by atoms with Gasteiger partial charge in [-0.1, -0.05) is 19.1 Å². The number of nitrogens with two attached hydrogens (primary N) is 1. The molecule has 2 atom stereocenters. The molecule has 2 unspecified atom stereocenters. The van der Waals surface area contributed by atoms with Crippen molar-refractivity contribution in [2.45, 2.75) is 31.4 Å². The molecule has 6 heteroatoms. The monoisotopic (exact) mass is 265 g/mol. The average molecular weight is 265 g/mol. The zero-order valence-corrected chi connectivity index (χ0v) is 11.4. The highest BCUT2D eigenvalue weighted by Crippen LogP contribution is 2.41. The fraction of sp³-hybridized carbons (Fsp3) is 0.900. The van der Waals surface area contributed by atoms with Gasteiger partial charge in [0.25, 0.3) is 0 Å². The van der Waals surface area contributed by atoms with Crippen LogP contribution in [0.25, 0.3) is 0 Å². The van der Waals surface area contributed by atoms with E-state index in [1.54, 1.807) is 14.0 Å². The highest BCUT2D eigenvalue weighted by atomic mass is 32.2. The number of hydrogen-bond acceptors (Lipinski definition) is 4. The van der Waals surface area contributed by atoms with Crippen LogP contribution in [-0.2, 0) is 14.6 Å². The second-order valence-electron chi connectivity index (χ2n) is 4.39. The third-order valence-corrected chi connectivity index (χ3v) is 6.07. The molecule has 1 rings (SSSR count). The molecule has 2 N–H and O–H groups in total. The number of ether oxygens (including phenoxy) is 1. The number of hydrogen-bond donors (Lipinski definition) is 1. The van der Waals surface area contributed by atoms with Crippen molar-refractivity contribution in [3.8, 4) is 0 Å². The van der Waals surface area contributed by atoms with Crippen LogP contribution in [0.2, 0.25) is 0 Å². The van der Waals surface area contributed by atoms with Gasteiger partial charge >= 0.3 is 0 Å². The van der Waals surface area contributed by atoms with Crippen molar-refractivity contribution < 1.29 is 13.2 Å². The van der Waals surface area contributed by atoms with Crippen molar-refractivity contribution >= 4 is 27.0 Å². The summed E-state index contributed by atoms with van der Waals surface area (Å²) in [6.07, 6.45) is 1.85. The predicted molar refractivity (Wildman–Crippen MR) is 68.2 cm³/mol. The minimum atomic E-state index is -2.99. The summed E-state index contributed by atoms with van der Waals surface area (Å²) in [5.74, 6) is 0.179. The normalized spacial score (nSPS) is 30.5. The summed E-state index contributed by atoms with van der Waals surface area (Å²) in [5.41, 5.74) is 5.30. The number of rotatable bonds is 5. The van der Waals surface area contributed by atoms with E-state index in [2.05, 4.69) is 0 Å². The summed E-state index contributed by atoms with van der Waals surface area (Å²) < 4.78 is 28.7. The fourth-order valence-corrected chi connectivity index (χ4v) is 4.09. The van der Waals surface area contributed by atoms with Gasteiger partial charge < -0.3 is 10.5 Å². The first-order valence-corrected chi connectivity index (χ1v) is 7.51. The van der Waals surface area contributed by atoms with Gasteiger partial charge in [0, 0.05) is 18.3 Å². The molecular formula is C10H19NO3S2. The highest BCUT2D eigenvalue weighted by Gasteiger charge is 2.45. The van der Waals surface area contributed by atoms with Crippen LogP contribution < -0.4 is 5.73 Å². The Balaban J connectivity index is 2.87. The van der Waals surface area contributed by atoms with Gasteiger partial charge in [-0.25, -0.2) is 8.42 Å². The van der Waals surface area contributed by atoms with E-state index < -0.39 is 15.3 Å². The number of methoxy groups -OCH3 is 1. The second-order valence-corrected chi connectivity index (χ2v) is 7.40. The number of sulfone groups is 1. The van der Waals surface area contributed by atoms with E-state index in [4.69, 9.17) is 22.7 Å². The van der Waals surface area contributed by atoms with Gasteiger partial charge in [-0.3, -0.25) is 0 Å². The molecule has 1 saturated carbocycles. The summed E-state index contributed by atoms with van der Waals surface area (Å²) in [7, 11) is -1.41. The first-order valence-electron chi connectivity index (χ1n) is 5.38. The van der Waals surface area contributed by atoms with Crippen LogP contribution in [0.5, 0.6) is 0 Å². The molecule has 0 aromatic rings. The Morgan fingerprint density at radius 2 is 2.25 bits per heavy atom. The minimum Gasteiger partial charge on any atom is -0.393 e. The Hall–Kier alpha value is -0.200. The highest BCUT2D eigenvalue weighted by molar-refractivity contribution is 7.92. The standard InChI is InChI=1S/C10H19NO3S2/c1-3-16(12,13)8-4-5-10(6-8,7-14-2)9(11)15/h8H,3-7H2,1-2H3,(H2,11,15). The van der Waals surface area contributed by atoms with Gasteiger partial charge in [0.05, 0.1) is 16.8 Å². The third-order valence-electron chi connectivity index (χ3n) is 3.42. The van der Waals surface area contributed by atoms with E-state index in [-0.39, 0.29) is 11.0 Å². The van der Waals surface area contributed by atoms with Gasteiger partial charge in [-0.15, -0.1) is 0 Å². The van der Waals surface area contributed by atoms with Crippen LogP contribution in [-0.4, -0.2) is 38.1 Å². The molecule has 1 aliphatic carbocycles. The van der Waals surface area contributed by atoms with Gasteiger partial charge in [-0.2, -0.15) is 0 Å². The van der Waals surface area contributed by atoms with E-state index in [1.165, 1.54) is 0 Å². The van der Waals surface area contributed by atoms with Gasteiger partial charge in [-0.05, 0) is 19.3 Å². The molecule has 0 aromatic carbocycles. The van der Waals surface area contributed by atoms with E-state index in [1.807, 2.05) is 0 Å². The average Bonchev–Trinajstić information content (AvgIpc) is 2.65. The maximum absolute atomic E-state index is 11.8. The Morgan fingerprint density at radius 1 is 1.62 bits per heavy atom. The van der Waals surface area contributed by atoms with Crippen molar-refractivity contribution in [1.29, 1.82) is 0 Å². The lowest BCUT2D eigenvalue weighted by molar-refractivity contribution is 0.127. The molecule has 0 aliphatic heterocycles. The molecule has 0 heterocycles. The Labute approximate surface area is 102 Å². The molecule has 16 heavy (non-hydrogen) atoms. The van der Waals surface area contributed by atoms with Crippen molar-refractivity contribution in [1.82, 2.24) is 0 Å². The van der Waals surface area contributed by atoms with Crippen molar-refractivity contribution in [3.05, 3.63) is 0 Å². The maximum atomic E-state index is 11.8. The lowest BCUT2D eigenvalue weighted by Crippen LogP contribution is -2.38. The van der Waals surface area contributed by atoms with Gasteiger partial charge in [0.2, 0.25) is 0 Å². The first kappa shape index (κ1) is 13.9. The number of thiocarbonyl (C=S) groups is 1. The molecule has 0 bridgehead atoms.